The molecule has 0 amide bonds. The molecule has 2 nitrogen and oxygen atoms in total. The van der Waals surface area contributed by atoms with Crippen LogP contribution in [0.2, 0.25) is 6.82 Å². The summed E-state index contributed by atoms with van der Waals surface area (Å²) in [5.74, 6) is 0. The Labute approximate surface area is 70.4 Å². The van der Waals surface area contributed by atoms with Crippen LogP contribution in [-0.4, -0.2) is 20.8 Å². The molecule has 0 aromatic rings. The Morgan fingerprint density at radius 3 is 2.27 bits per heavy atom. The second-order valence-electron chi connectivity index (χ2n) is 3.63. The van der Waals surface area contributed by atoms with E-state index in [1.165, 1.54) is 0 Å². The standard InChI is InChI=1S/C8H19BO2/c1-6-8(2,3)7-11-9(4)10-5/h6-7H2,1-5H3. The lowest BCUT2D eigenvalue weighted by Crippen LogP contribution is -2.25. The van der Waals surface area contributed by atoms with E-state index in [2.05, 4.69) is 20.8 Å². The van der Waals surface area contributed by atoms with Crippen molar-refractivity contribution in [2.45, 2.75) is 34.0 Å². The predicted molar refractivity (Wildman–Crippen MR) is 48.7 cm³/mol. The molecule has 11 heavy (non-hydrogen) atoms. The quantitative estimate of drug-likeness (QED) is 0.571. The van der Waals surface area contributed by atoms with Gasteiger partial charge in [-0.15, -0.1) is 0 Å². The Hall–Kier alpha value is -0.0151. The molecule has 0 aliphatic rings. The molecule has 0 radical (unpaired) electrons. The highest BCUT2D eigenvalue weighted by atomic mass is 16.6. The lowest BCUT2D eigenvalue weighted by atomic mass is 9.89. The lowest BCUT2D eigenvalue weighted by Gasteiger charge is -2.23. The molecular formula is C8H19BO2. The summed E-state index contributed by atoms with van der Waals surface area (Å²) in [7, 11) is 1.57. The van der Waals surface area contributed by atoms with Gasteiger partial charge in [0.15, 0.2) is 0 Å². The molecule has 0 aliphatic carbocycles. The van der Waals surface area contributed by atoms with E-state index >= 15 is 0 Å². The summed E-state index contributed by atoms with van der Waals surface area (Å²) in [5, 5.41) is 0. The van der Waals surface area contributed by atoms with Crippen molar-refractivity contribution >= 4 is 7.12 Å². The molecule has 0 rings (SSSR count). The van der Waals surface area contributed by atoms with Crippen LogP contribution in [0.3, 0.4) is 0 Å². The fourth-order valence-electron chi connectivity index (χ4n) is 0.513. The largest absolute Gasteiger partial charge is 0.453 e. The first kappa shape index (κ1) is 11.0. The zero-order chi connectivity index (χ0) is 8.91. The summed E-state index contributed by atoms with van der Waals surface area (Å²) in [4.78, 5) is 0. The highest BCUT2D eigenvalue weighted by molar-refractivity contribution is 6.42. The second kappa shape index (κ2) is 4.78. The van der Waals surface area contributed by atoms with E-state index in [0.29, 0.717) is 0 Å². The summed E-state index contributed by atoms with van der Waals surface area (Å²) >= 11 is 0. The zero-order valence-corrected chi connectivity index (χ0v) is 8.31. The predicted octanol–water partition coefficient (Wildman–Crippen LogP) is 2.20. The van der Waals surface area contributed by atoms with Crippen molar-refractivity contribution in [2.24, 2.45) is 5.41 Å². The van der Waals surface area contributed by atoms with Crippen molar-refractivity contribution in [1.82, 2.24) is 0 Å². The van der Waals surface area contributed by atoms with Gasteiger partial charge in [0.2, 0.25) is 0 Å². The van der Waals surface area contributed by atoms with E-state index in [1.54, 1.807) is 7.11 Å². The normalized spacial score (nSPS) is 11.7. The minimum Gasteiger partial charge on any atom is -0.414 e. The van der Waals surface area contributed by atoms with Crippen molar-refractivity contribution in [1.29, 1.82) is 0 Å². The molecule has 0 unspecified atom stereocenters. The third kappa shape index (κ3) is 5.28. The molecule has 0 heterocycles. The maximum atomic E-state index is 5.42. The van der Waals surface area contributed by atoms with E-state index in [4.69, 9.17) is 9.31 Å². The van der Waals surface area contributed by atoms with Crippen molar-refractivity contribution in [3.63, 3.8) is 0 Å². The first-order chi connectivity index (χ1) is 5.02. The second-order valence-corrected chi connectivity index (χ2v) is 3.63. The SMILES string of the molecule is CCC(C)(C)COB(C)OC. The molecule has 0 saturated carbocycles. The Morgan fingerprint density at radius 1 is 1.36 bits per heavy atom. The maximum Gasteiger partial charge on any atom is 0.453 e. The molecule has 0 saturated heterocycles. The summed E-state index contributed by atoms with van der Waals surface area (Å²) in [5.41, 5.74) is 0.271. The fourth-order valence-corrected chi connectivity index (χ4v) is 0.513. The molecule has 0 spiro atoms. The van der Waals surface area contributed by atoms with Crippen LogP contribution in [0.25, 0.3) is 0 Å². The topological polar surface area (TPSA) is 18.5 Å². The third-order valence-corrected chi connectivity index (χ3v) is 2.00. The molecule has 0 N–H and O–H groups in total. The van der Waals surface area contributed by atoms with Gasteiger partial charge in [-0.25, -0.2) is 0 Å². The van der Waals surface area contributed by atoms with Crippen molar-refractivity contribution < 1.29 is 9.31 Å². The van der Waals surface area contributed by atoms with E-state index in [-0.39, 0.29) is 12.5 Å². The van der Waals surface area contributed by atoms with Gasteiger partial charge >= 0.3 is 7.12 Å². The Morgan fingerprint density at radius 2 is 1.91 bits per heavy atom. The molecule has 0 fully saturated rings. The molecule has 0 aromatic carbocycles. The zero-order valence-electron chi connectivity index (χ0n) is 8.31. The van der Waals surface area contributed by atoms with E-state index < -0.39 is 0 Å². The van der Waals surface area contributed by atoms with Crippen LogP contribution in [0.5, 0.6) is 0 Å². The number of rotatable bonds is 5. The van der Waals surface area contributed by atoms with Crippen LogP contribution < -0.4 is 0 Å². The molecule has 66 valence electrons. The van der Waals surface area contributed by atoms with Gasteiger partial charge in [0.25, 0.3) is 0 Å². The monoisotopic (exact) mass is 158 g/mol. The van der Waals surface area contributed by atoms with Crippen LogP contribution in [0.1, 0.15) is 27.2 Å². The van der Waals surface area contributed by atoms with Gasteiger partial charge in [-0.05, 0) is 18.7 Å². The van der Waals surface area contributed by atoms with Gasteiger partial charge in [-0.3, -0.25) is 0 Å². The smallest absolute Gasteiger partial charge is 0.414 e. The first-order valence-corrected chi connectivity index (χ1v) is 4.16. The molecule has 0 bridgehead atoms. The fraction of sp³-hybridized carbons (Fsp3) is 1.00. The lowest BCUT2D eigenvalue weighted by molar-refractivity contribution is 0.143. The highest BCUT2D eigenvalue weighted by Gasteiger charge is 2.18. The molecule has 3 heteroatoms. The summed E-state index contributed by atoms with van der Waals surface area (Å²) in [6.45, 7) is 9.22. The van der Waals surface area contributed by atoms with Gasteiger partial charge in [0.1, 0.15) is 0 Å². The average molecular weight is 158 g/mol. The summed E-state index contributed by atoms with van der Waals surface area (Å²) < 4.78 is 10.4. The van der Waals surface area contributed by atoms with Crippen LogP contribution in [-0.2, 0) is 9.31 Å². The highest BCUT2D eigenvalue weighted by Crippen LogP contribution is 2.19. The first-order valence-electron chi connectivity index (χ1n) is 4.16. The van der Waals surface area contributed by atoms with Crippen LogP contribution >= 0.6 is 0 Å². The number of hydrogen-bond donors (Lipinski definition) is 0. The van der Waals surface area contributed by atoms with Crippen molar-refractivity contribution in [3.8, 4) is 0 Å². The number of hydrogen-bond acceptors (Lipinski definition) is 2. The van der Waals surface area contributed by atoms with E-state index in [9.17, 15) is 0 Å². The molecule has 0 aliphatic heterocycles. The minimum atomic E-state index is -0.0826. The van der Waals surface area contributed by atoms with Crippen molar-refractivity contribution in [2.75, 3.05) is 13.7 Å². The van der Waals surface area contributed by atoms with Crippen LogP contribution in [0.4, 0.5) is 0 Å². The van der Waals surface area contributed by atoms with Gasteiger partial charge in [-0.1, -0.05) is 20.8 Å². The van der Waals surface area contributed by atoms with Gasteiger partial charge in [0, 0.05) is 13.7 Å². The van der Waals surface area contributed by atoms with E-state index in [0.717, 1.165) is 13.0 Å². The summed E-state index contributed by atoms with van der Waals surface area (Å²) in [6, 6.07) is 0. The van der Waals surface area contributed by atoms with Gasteiger partial charge < -0.3 is 9.31 Å². The van der Waals surface area contributed by atoms with Gasteiger partial charge in [0.05, 0.1) is 0 Å². The molecular weight excluding hydrogens is 139 g/mol. The molecule has 0 atom stereocenters. The van der Waals surface area contributed by atoms with Gasteiger partial charge in [-0.2, -0.15) is 0 Å². The maximum absolute atomic E-state index is 5.42. The Kier molecular flexibility index (Phi) is 4.77. The summed E-state index contributed by atoms with van der Waals surface area (Å²) in [6.07, 6.45) is 1.13. The Balaban J connectivity index is 3.52. The van der Waals surface area contributed by atoms with Crippen molar-refractivity contribution in [3.05, 3.63) is 0 Å². The van der Waals surface area contributed by atoms with Crippen LogP contribution in [0, 0.1) is 5.41 Å². The Bertz CT molecular complexity index is 104. The third-order valence-electron chi connectivity index (χ3n) is 2.00. The minimum absolute atomic E-state index is 0.0826. The van der Waals surface area contributed by atoms with Crippen LogP contribution in [0.15, 0.2) is 0 Å². The van der Waals surface area contributed by atoms with E-state index in [1.807, 2.05) is 6.82 Å². The average Bonchev–Trinajstić information content (AvgIpc) is 2.00. The molecule has 0 aromatic heterocycles.